The molecule has 9 heteroatoms. The maximum Gasteiger partial charge on any atom is 0.237 e. The van der Waals surface area contributed by atoms with Gasteiger partial charge in [-0.15, -0.1) is 11.8 Å². The minimum absolute atomic E-state index is 0.129. The van der Waals surface area contributed by atoms with Crippen LogP contribution in [0.1, 0.15) is 19.4 Å². The molecule has 2 aliphatic rings. The molecule has 0 unspecified atom stereocenters. The molecule has 7 nitrogen and oxygen atoms in total. The number of carbonyl (C=O) groups excluding carboxylic acids is 2. The summed E-state index contributed by atoms with van der Waals surface area (Å²) in [6, 6.07) is 15.0. The van der Waals surface area contributed by atoms with Crippen LogP contribution in [0.4, 0.5) is 5.69 Å². The third kappa shape index (κ3) is 5.59. The summed E-state index contributed by atoms with van der Waals surface area (Å²) in [5, 5.41) is 2.55. The van der Waals surface area contributed by atoms with E-state index < -0.39 is 15.8 Å². The molecule has 1 saturated heterocycles. The lowest BCUT2D eigenvalue weighted by Crippen LogP contribution is -2.50. The number of nitrogens with one attached hydrogen (secondary N) is 1. The first-order valence-electron chi connectivity index (χ1n) is 11.1. The number of amides is 2. The number of sulfone groups is 1. The lowest BCUT2D eigenvalue weighted by atomic mass is 10.1. The van der Waals surface area contributed by atoms with Gasteiger partial charge in [0, 0.05) is 43.5 Å². The highest BCUT2D eigenvalue weighted by Crippen LogP contribution is 2.37. The van der Waals surface area contributed by atoms with Gasteiger partial charge in [-0.25, -0.2) is 8.42 Å². The molecule has 1 fully saturated rings. The van der Waals surface area contributed by atoms with Crippen LogP contribution in [0.25, 0.3) is 0 Å². The van der Waals surface area contributed by atoms with Gasteiger partial charge in [-0.05, 0) is 30.7 Å². The summed E-state index contributed by atoms with van der Waals surface area (Å²) < 4.78 is 26.0. The van der Waals surface area contributed by atoms with Crippen molar-refractivity contribution in [2.45, 2.75) is 35.4 Å². The second-order valence-electron chi connectivity index (χ2n) is 8.68. The summed E-state index contributed by atoms with van der Waals surface area (Å²) >= 11 is 1.41. The molecule has 0 aromatic heterocycles. The summed E-state index contributed by atoms with van der Waals surface area (Å²) in [6.45, 7) is 7.04. The quantitative estimate of drug-likeness (QED) is 0.674. The number of hydrogen-bond donors (Lipinski definition) is 1. The van der Waals surface area contributed by atoms with Gasteiger partial charge in [-0.1, -0.05) is 37.3 Å². The van der Waals surface area contributed by atoms with Gasteiger partial charge in [0.15, 0.2) is 9.84 Å². The van der Waals surface area contributed by atoms with Crippen LogP contribution in [0.2, 0.25) is 0 Å². The zero-order chi connectivity index (χ0) is 23.6. The number of rotatable bonds is 6. The van der Waals surface area contributed by atoms with Crippen LogP contribution >= 0.6 is 11.8 Å². The summed E-state index contributed by atoms with van der Waals surface area (Å²) in [7, 11) is -3.68. The van der Waals surface area contributed by atoms with E-state index in [-0.39, 0.29) is 27.7 Å². The molecule has 2 aliphatic heterocycles. The Bertz CT molecular complexity index is 1130. The Morgan fingerprint density at radius 3 is 2.52 bits per heavy atom. The van der Waals surface area contributed by atoms with Crippen molar-refractivity contribution in [1.29, 1.82) is 0 Å². The van der Waals surface area contributed by atoms with Gasteiger partial charge in [-0.2, -0.15) is 0 Å². The molecule has 2 amide bonds. The second kappa shape index (κ2) is 9.87. The van der Waals surface area contributed by atoms with E-state index in [9.17, 15) is 18.0 Å². The van der Waals surface area contributed by atoms with Crippen LogP contribution < -0.4 is 5.32 Å². The van der Waals surface area contributed by atoms with Crippen molar-refractivity contribution >= 4 is 39.1 Å². The Hall–Kier alpha value is -2.36. The maximum absolute atomic E-state index is 13.0. The first kappa shape index (κ1) is 23.8. The number of benzene rings is 2. The third-order valence-corrected chi connectivity index (χ3v) is 9.15. The number of fused-ring (bicyclic) bond motifs is 1. The van der Waals surface area contributed by atoms with Gasteiger partial charge in [0.2, 0.25) is 11.8 Å². The van der Waals surface area contributed by atoms with E-state index in [1.807, 2.05) is 25.1 Å². The van der Waals surface area contributed by atoms with Gasteiger partial charge in [-0.3, -0.25) is 14.5 Å². The molecular weight excluding hydrogens is 458 g/mol. The van der Waals surface area contributed by atoms with Crippen molar-refractivity contribution in [3.8, 4) is 0 Å². The molecule has 2 aromatic carbocycles. The highest BCUT2D eigenvalue weighted by Gasteiger charge is 2.30. The predicted molar refractivity (Wildman–Crippen MR) is 130 cm³/mol. The first-order chi connectivity index (χ1) is 15.7. The van der Waals surface area contributed by atoms with Gasteiger partial charge in [0.1, 0.15) is 0 Å². The fraction of sp³-hybridized carbons (Fsp3) is 0.417. The highest BCUT2D eigenvalue weighted by molar-refractivity contribution is 8.01. The Morgan fingerprint density at radius 1 is 1.12 bits per heavy atom. The number of piperazine rings is 1. The van der Waals surface area contributed by atoms with E-state index >= 15 is 0 Å². The van der Waals surface area contributed by atoms with Gasteiger partial charge in [0.05, 0.1) is 21.6 Å². The normalized spacial score (nSPS) is 20.1. The summed E-state index contributed by atoms with van der Waals surface area (Å²) in [4.78, 5) is 30.0. The summed E-state index contributed by atoms with van der Waals surface area (Å²) in [6.07, 6.45) is 0. The average Bonchev–Trinajstić information content (AvgIpc) is 2.80. The van der Waals surface area contributed by atoms with Gasteiger partial charge < -0.3 is 10.2 Å². The number of thioether (sulfide) groups is 1. The molecule has 176 valence electrons. The van der Waals surface area contributed by atoms with Crippen LogP contribution in [0.5, 0.6) is 0 Å². The van der Waals surface area contributed by atoms with Crippen molar-refractivity contribution < 1.29 is 18.0 Å². The second-order valence-corrected chi connectivity index (χ2v) is 12.1. The molecule has 0 radical (unpaired) electrons. The Balaban J connectivity index is 1.35. The topological polar surface area (TPSA) is 86.8 Å². The number of nitrogens with zero attached hydrogens (tertiary/aromatic N) is 2. The summed E-state index contributed by atoms with van der Waals surface area (Å²) in [5.74, 6) is -1.17. The molecular formula is C24H29N3O4S2. The van der Waals surface area contributed by atoms with E-state index in [1.165, 1.54) is 23.4 Å². The van der Waals surface area contributed by atoms with E-state index in [4.69, 9.17) is 0 Å². The zero-order valence-corrected chi connectivity index (χ0v) is 20.5. The molecule has 33 heavy (non-hydrogen) atoms. The fourth-order valence-electron chi connectivity index (χ4n) is 4.16. The maximum atomic E-state index is 13.0. The summed E-state index contributed by atoms with van der Waals surface area (Å²) in [5.41, 5.74) is 1.75. The SMILES string of the molecule is C[C@H](CS(=O)(=O)c1ccc2c(c1)NC(=O)[C@H](C)S2)C(=O)N1CCN(Cc2ccccc2)CC1. The smallest absolute Gasteiger partial charge is 0.237 e. The van der Waals surface area contributed by atoms with E-state index in [0.717, 1.165) is 24.5 Å². The minimum atomic E-state index is -3.68. The van der Waals surface area contributed by atoms with Gasteiger partial charge >= 0.3 is 0 Å². The highest BCUT2D eigenvalue weighted by atomic mass is 32.2. The lowest BCUT2D eigenvalue weighted by Gasteiger charge is -2.36. The van der Waals surface area contributed by atoms with E-state index in [1.54, 1.807) is 24.0 Å². The first-order valence-corrected chi connectivity index (χ1v) is 13.7. The molecule has 0 saturated carbocycles. The van der Waals surface area contributed by atoms with Crippen LogP contribution in [-0.4, -0.2) is 67.2 Å². The molecule has 4 rings (SSSR count). The molecule has 1 N–H and O–H groups in total. The lowest BCUT2D eigenvalue weighted by molar-refractivity contribution is -0.136. The van der Waals surface area contributed by atoms with Crippen LogP contribution in [-0.2, 0) is 26.0 Å². The van der Waals surface area contributed by atoms with Crippen LogP contribution in [0.3, 0.4) is 0 Å². The van der Waals surface area contributed by atoms with Crippen molar-refractivity contribution in [2.24, 2.45) is 5.92 Å². The Kier molecular flexibility index (Phi) is 7.11. The Labute approximate surface area is 199 Å². The minimum Gasteiger partial charge on any atom is -0.340 e. The van der Waals surface area contributed by atoms with Gasteiger partial charge in [0.25, 0.3) is 0 Å². The van der Waals surface area contributed by atoms with E-state index in [0.29, 0.717) is 18.8 Å². The van der Waals surface area contributed by atoms with E-state index in [2.05, 4.69) is 22.3 Å². The number of hydrogen-bond acceptors (Lipinski definition) is 6. The van der Waals surface area contributed by atoms with Crippen molar-refractivity contribution in [3.63, 3.8) is 0 Å². The molecule has 2 atom stereocenters. The molecule has 2 heterocycles. The predicted octanol–water partition coefficient (Wildman–Crippen LogP) is 2.87. The third-order valence-electron chi connectivity index (χ3n) is 6.06. The largest absolute Gasteiger partial charge is 0.340 e. The van der Waals surface area contributed by atoms with Crippen molar-refractivity contribution in [1.82, 2.24) is 9.80 Å². The number of carbonyl (C=O) groups is 2. The van der Waals surface area contributed by atoms with Crippen molar-refractivity contribution in [2.75, 3.05) is 37.2 Å². The fourth-order valence-corrected chi connectivity index (χ4v) is 6.65. The monoisotopic (exact) mass is 487 g/mol. The Morgan fingerprint density at radius 2 is 1.82 bits per heavy atom. The van der Waals surface area contributed by atoms with Crippen LogP contribution in [0.15, 0.2) is 58.3 Å². The average molecular weight is 488 g/mol. The molecule has 0 bridgehead atoms. The molecule has 2 aromatic rings. The molecule has 0 aliphatic carbocycles. The standard InChI is InChI=1S/C24H29N3O4S2/c1-17(24(29)27-12-10-26(11-13-27)15-19-6-4-3-5-7-19)16-33(30,31)20-8-9-22-21(14-20)25-23(28)18(2)32-22/h3-9,14,17-18H,10-13,15-16H2,1-2H3,(H,25,28)/t17-,18+/m1/s1. The molecule has 0 spiro atoms. The zero-order valence-electron chi connectivity index (χ0n) is 18.9. The van der Waals surface area contributed by atoms with Crippen molar-refractivity contribution in [3.05, 3.63) is 54.1 Å². The number of anilines is 1. The van der Waals surface area contributed by atoms with Crippen LogP contribution in [0, 0.1) is 5.92 Å².